The molecule has 0 fully saturated rings. The summed E-state index contributed by atoms with van der Waals surface area (Å²) in [6, 6.07) is 10.3. The zero-order chi connectivity index (χ0) is 21.4. The number of carbonyl (C=O) groups is 1. The molecule has 150 valence electrons. The van der Waals surface area contributed by atoms with Crippen LogP contribution in [-0.4, -0.2) is 30.3 Å². The summed E-state index contributed by atoms with van der Waals surface area (Å²) in [6.45, 7) is 0. The molecular weight excluding hydrogens is 435 g/mol. The van der Waals surface area contributed by atoms with Gasteiger partial charge in [0.25, 0.3) is 17.2 Å². The van der Waals surface area contributed by atoms with Gasteiger partial charge in [0.05, 0.1) is 27.4 Å². The highest BCUT2D eigenvalue weighted by molar-refractivity contribution is 6.34. The maximum atomic E-state index is 12.8. The van der Waals surface area contributed by atoms with Gasteiger partial charge in [0.1, 0.15) is 11.7 Å². The number of carbonyl (C=O) groups excluding carboxylic acids is 1. The van der Waals surface area contributed by atoms with Crippen LogP contribution >= 0.6 is 23.2 Å². The third-order valence-electron chi connectivity index (χ3n) is 4.17. The second-order valence-corrected chi connectivity index (χ2v) is 6.90. The van der Waals surface area contributed by atoms with Gasteiger partial charge in [-0.1, -0.05) is 29.3 Å². The van der Waals surface area contributed by atoms with Crippen LogP contribution in [0.1, 0.15) is 10.4 Å². The molecule has 0 saturated heterocycles. The molecule has 0 atom stereocenters. The zero-order valence-corrected chi connectivity index (χ0v) is 16.3. The van der Waals surface area contributed by atoms with Crippen LogP contribution in [0.15, 0.2) is 59.8 Å². The molecule has 0 aliphatic heterocycles. The summed E-state index contributed by atoms with van der Waals surface area (Å²) in [5.74, 6) is -0.811. The molecule has 1 N–H and O–H groups in total. The molecule has 4 aromatic rings. The molecular formula is C18H10Cl2N6O4. The van der Waals surface area contributed by atoms with Crippen molar-refractivity contribution in [2.45, 2.75) is 0 Å². The van der Waals surface area contributed by atoms with Crippen molar-refractivity contribution in [2.75, 3.05) is 5.43 Å². The van der Waals surface area contributed by atoms with Gasteiger partial charge in [-0.2, -0.15) is 5.10 Å². The van der Waals surface area contributed by atoms with E-state index < -0.39 is 16.4 Å². The Morgan fingerprint density at radius 3 is 2.70 bits per heavy atom. The summed E-state index contributed by atoms with van der Waals surface area (Å²) in [6.07, 6.45) is 2.42. The normalized spacial score (nSPS) is 10.9. The Kier molecular flexibility index (Phi) is 4.94. The SMILES string of the molecule is O=C(Nn1cnc2c(cnn2-c2cccc(Cl)c2)c1=O)c1cc([N+](=O)[O-])ccc1Cl. The Hall–Kier alpha value is -3.76. The first-order valence-corrected chi connectivity index (χ1v) is 9.07. The first-order chi connectivity index (χ1) is 14.3. The summed E-state index contributed by atoms with van der Waals surface area (Å²) in [4.78, 5) is 39.7. The number of hydrogen-bond acceptors (Lipinski definition) is 6. The highest BCUT2D eigenvalue weighted by Gasteiger charge is 2.18. The van der Waals surface area contributed by atoms with Crippen LogP contribution in [0.25, 0.3) is 16.7 Å². The predicted molar refractivity (Wildman–Crippen MR) is 110 cm³/mol. The number of benzene rings is 2. The van der Waals surface area contributed by atoms with Crippen molar-refractivity contribution in [3.05, 3.63) is 91.1 Å². The van der Waals surface area contributed by atoms with Gasteiger partial charge in [0, 0.05) is 17.2 Å². The highest BCUT2D eigenvalue weighted by atomic mass is 35.5. The number of non-ortho nitro benzene ring substituents is 1. The molecule has 0 spiro atoms. The van der Waals surface area contributed by atoms with E-state index in [1.807, 2.05) is 0 Å². The number of rotatable bonds is 4. The lowest BCUT2D eigenvalue weighted by molar-refractivity contribution is -0.384. The molecule has 0 aliphatic rings. The summed E-state index contributed by atoms with van der Waals surface area (Å²) in [5, 5.41) is 15.7. The Morgan fingerprint density at radius 2 is 1.97 bits per heavy atom. The summed E-state index contributed by atoms with van der Waals surface area (Å²) >= 11 is 12.0. The van der Waals surface area contributed by atoms with Crippen LogP contribution in [0.5, 0.6) is 0 Å². The van der Waals surface area contributed by atoms with Gasteiger partial charge >= 0.3 is 0 Å². The van der Waals surface area contributed by atoms with Crippen molar-refractivity contribution < 1.29 is 9.72 Å². The van der Waals surface area contributed by atoms with Gasteiger partial charge in [-0.25, -0.2) is 14.3 Å². The van der Waals surface area contributed by atoms with Crippen LogP contribution in [0.4, 0.5) is 5.69 Å². The average Bonchev–Trinajstić information content (AvgIpc) is 3.15. The number of hydrogen-bond donors (Lipinski definition) is 1. The van der Waals surface area contributed by atoms with Crippen molar-refractivity contribution in [3.63, 3.8) is 0 Å². The Bertz CT molecular complexity index is 1380. The van der Waals surface area contributed by atoms with Gasteiger partial charge in [-0.3, -0.25) is 25.1 Å². The van der Waals surface area contributed by atoms with E-state index >= 15 is 0 Å². The fraction of sp³-hybridized carbons (Fsp3) is 0. The number of nitrogens with zero attached hydrogens (tertiary/aromatic N) is 5. The lowest BCUT2D eigenvalue weighted by atomic mass is 10.2. The summed E-state index contributed by atoms with van der Waals surface area (Å²) in [5.41, 5.74) is 2.13. The van der Waals surface area contributed by atoms with E-state index in [-0.39, 0.29) is 27.3 Å². The molecule has 2 aromatic heterocycles. The van der Waals surface area contributed by atoms with Gasteiger partial charge < -0.3 is 0 Å². The van der Waals surface area contributed by atoms with Crippen LogP contribution in [0.3, 0.4) is 0 Å². The number of amides is 1. The standard InChI is InChI=1S/C18H10Cl2N6O4/c19-10-2-1-3-11(6-10)25-16-14(8-22-25)18(28)24(9-21-16)23-17(27)13-7-12(26(29)30)4-5-15(13)20/h1-9H,(H,23,27). The van der Waals surface area contributed by atoms with Crippen LogP contribution in [-0.2, 0) is 0 Å². The number of aromatic nitrogens is 4. The quantitative estimate of drug-likeness (QED) is 0.380. The van der Waals surface area contributed by atoms with Crippen molar-refractivity contribution in [2.24, 2.45) is 0 Å². The van der Waals surface area contributed by atoms with E-state index in [0.717, 1.165) is 17.1 Å². The first kappa shape index (κ1) is 19.6. The van der Waals surface area contributed by atoms with Crippen LogP contribution in [0.2, 0.25) is 10.0 Å². The van der Waals surface area contributed by atoms with Gasteiger partial charge in [-0.15, -0.1) is 0 Å². The molecule has 2 aromatic carbocycles. The van der Waals surface area contributed by atoms with Crippen LogP contribution in [0, 0.1) is 10.1 Å². The third-order valence-corrected chi connectivity index (χ3v) is 4.73. The Labute approximate surface area is 177 Å². The number of nitro groups is 1. The predicted octanol–water partition coefficient (Wildman–Crippen LogP) is 3.18. The lowest BCUT2D eigenvalue weighted by Crippen LogP contribution is -2.33. The highest BCUT2D eigenvalue weighted by Crippen LogP contribution is 2.22. The Morgan fingerprint density at radius 1 is 1.17 bits per heavy atom. The second kappa shape index (κ2) is 7.58. The molecule has 30 heavy (non-hydrogen) atoms. The number of fused-ring (bicyclic) bond motifs is 1. The van der Waals surface area contributed by atoms with Gasteiger partial charge in [-0.05, 0) is 24.3 Å². The molecule has 12 heteroatoms. The monoisotopic (exact) mass is 444 g/mol. The molecule has 10 nitrogen and oxygen atoms in total. The molecule has 1 amide bonds. The lowest BCUT2D eigenvalue weighted by Gasteiger charge is -2.09. The van der Waals surface area contributed by atoms with Gasteiger partial charge in [0.2, 0.25) is 0 Å². The number of nitrogens with one attached hydrogen (secondary N) is 1. The topological polar surface area (TPSA) is 125 Å². The van der Waals surface area contributed by atoms with Crippen molar-refractivity contribution in [3.8, 4) is 5.69 Å². The molecule has 0 saturated carbocycles. The van der Waals surface area contributed by atoms with E-state index in [9.17, 15) is 19.7 Å². The minimum atomic E-state index is -0.811. The summed E-state index contributed by atoms with van der Waals surface area (Å²) in [7, 11) is 0. The van der Waals surface area contributed by atoms with Crippen molar-refractivity contribution in [1.82, 2.24) is 19.4 Å². The number of nitro benzene ring substituents is 1. The van der Waals surface area contributed by atoms with E-state index in [2.05, 4.69) is 15.5 Å². The van der Waals surface area contributed by atoms with Gasteiger partial charge in [0.15, 0.2) is 5.65 Å². The Balaban J connectivity index is 1.71. The molecule has 0 aliphatic carbocycles. The van der Waals surface area contributed by atoms with E-state index in [0.29, 0.717) is 10.7 Å². The fourth-order valence-electron chi connectivity index (χ4n) is 2.76. The minimum Gasteiger partial charge on any atom is -0.267 e. The molecule has 0 bridgehead atoms. The van der Waals surface area contributed by atoms with E-state index in [1.165, 1.54) is 23.0 Å². The zero-order valence-electron chi connectivity index (χ0n) is 14.8. The molecule has 2 heterocycles. The largest absolute Gasteiger partial charge is 0.283 e. The third kappa shape index (κ3) is 3.49. The van der Waals surface area contributed by atoms with E-state index in [4.69, 9.17) is 23.2 Å². The fourth-order valence-corrected chi connectivity index (χ4v) is 3.15. The first-order valence-electron chi connectivity index (χ1n) is 8.32. The second-order valence-electron chi connectivity index (χ2n) is 6.06. The number of halogens is 2. The molecule has 0 radical (unpaired) electrons. The molecule has 0 unspecified atom stereocenters. The molecule has 4 rings (SSSR count). The van der Waals surface area contributed by atoms with Crippen molar-refractivity contribution in [1.29, 1.82) is 0 Å². The average molecular weight is 445 g/mol. The van der Waals surface area contributed by atoms with E-state index in [1.54, 1.807) is 24.3 Å². The summed E-state index contributed by atoms with van der Waals surface area (Å²) < 4.78 is 2.29. The maximum absolute atomic E-state index is 12.8. The van der Waals surface area contributed by atoms with Crippen LogP contribution < -0.4 is 11.0 Å². The smallest absolute Gasteiger partial charge is 0.267 e. The maximum Gasteiger partial charge on any atom is 0.283 e. The minimum absolute atomic E-state index is 0.00559. The van der Waals surface area contributed by atoms with Crippen molar-refractivity contribution >= 4 is 45.8 Å².